The second kappa shape index (κ2) is 3.61. The molecule has 0 radical (unpaired) electrons. The molecule has 0 bridgehead atoms. The molecule has 0 heterocycles. The highest BCUT2D eigenvalue weighted by Gasteiger charge is 1.97. The van der Waals surface area contributed by atoms with Crippen LogP contribution in [0.15, 0.2) is 29.2 Å². The van der Waals surface area contributed by atoms with E-state index in [9.17, 15) is 9.47 Å². The van der Waals surface area contributed by atoms with Crippen molar-refractivity contribution in [2.24, 2.45) is 0 Å². The molecule has 0 saturated carbocycles. The zero-order valence-electron chi connectivity index (χ0n) is 5.94. The zero-order chi connectivity index (χ0) is 8.27. The summed E-state index contributed by atoms with van der Waals surface area (Å²) in [4.78, 5) is 0.394. The van der Waals surface area contributed by atoms with Gasteiger partial charge in [-0.05, 0) is 19.1 Å². The maximum absolute atomic E-state index is 10.7. The van der Waals surface area contributed by atoms with Gasteiger partial charge in [0.1, 0.15) is 0 Å². The largest absolute Gasteiger partial charge is 0.708 e. The molecule has 0 saturated heterocycles. The second-order valence-corrected chi connectivity index (χ2v) is 3.19. The highest BCUT2D eigenvalue weighted by atomic mass is 32.2. The van der Waals surface area contributed by atoms with E-state index in [-0.39, 0.29) is 0 Å². The summed E-state index contributed by atoms with van der Waals surface area (Å²) in [5.41, 5.74) is 1.05. The Labute approximate surface area is 67.2 Å². The maximum atomic E-state index is 10.7. The molecule has 1 aromatic rings. The first kappa shape index (κ1) is 8.39. The summed E-state index contributed by atoms with van der Waals surface area (Å²) in [5, 5.41) is 9.72. The van der Waals surface area contributed by atoms with Crippen LogP contribution >= 0.6 is 0 Å². The summed E-state index contributed by atoms with van der Waals surface area (Å²) in [5.74, 6) is 0. The molecule has 0 N–H and O–H groups in total. The molecule has 60 valence electrons. The van der Waals surface area contributed by atoms with Crippen LogP contribution in [0.5, 0.6) is 0 Å². The minimum absolute atomic E-state index is 0.394. The lowest BCUT2D eigenvalue weighted by molar-refractivity contribution is -0.633. The predicted octanol–water partition coefficient (Wildman–Crippen LogP) is 0.310. The summed E-state index contributed by atoms with van der Waals surface area (Å²) in [6, 6.07) is 6.74. The van der Waals surface area contributed by atoms with E-state index in [1.165, 1.54) is 0 Å². The third kappa shape index (κ3) is 2.11. The van der Waals surface area contributed by atoms with Crippen molar-refractivity contribution >= 4 is 11.1 Å². The van der Waals surface area contributed by atoms with Gasteiger partial charge in [-0.1, -0.05) is 17.7 Å². The Balaban J connectivity index is 2.90. The van der Waals surface area contributed by atoms with Crippen LogP contribution in [0.1, 0.15) is 5.56 Å². The third-order valence-corrected chi connectivity index (χ3v) is 2.06. The van der Waals surface area contributed by atoms with Crippen molar-refractivity contribution in [3.8, 4) is 0 Å². The fraction of sp³-hybridized carbons (Fsp3) is 0.143. The van der Waals surface area contributed by atoms with Crippen LogP contribution < -0.4 is 5.26 Å². The monoisotopic (exact) mass is 171 g/mol. The summed E-state index contributed by atoms with van der Waals surface area (Å²) >= 11 is -1.85. The highest BCUT2D eigenvalue weighted by Crippen LogP contribution is 2.07. The molecule has 0 fully saturated rings. The molecule has 0 amide bonds. The predicted molar refractivity (Wildman–Crippen MR) is 38.7 cm³/mol. The summed E-state index contributed by atoms with van der Waals surface area (Å²) in [7, 11) is 0. The van der Waals surface area contributed by atoms with E-state index in [0.717, 1.165) is 5.56 Å². The fourth-order valence-corrected chi connectivity index (χ4v) is 1.13. The van der Waals surface area contributed by atoms with Gasteiger partial charge in [-0.2, -0.15) is 0 Å². The van der Waals surface area contributed by atoms with Gasteiger partial charge in [-0.25, -0.2) is 4.21 Å². The lowest BCUT2D eigenvalue weighted by Gasteiger charge is -2.04. The zero-order valence-corrected chi connectivity index (χ0v) is 6.76. The van der Waals surface area contributed by atoms with Crippen LogP contribution in [0.2, 0.25) is 0 Å². The molecule has 3 nitrogen and oxygen atoms in total. The minimum Gasteiger partial charge on any atom is -0.708 e. The van der Waals surface area contributed by atoms with Crippen molar-refractivity contribution < 1.29 is 13.8 Å². The molecule has 1 rings (SSSR count). The van der Waals surface area contributed by atoms with E-state index >= 15 is 0 Å². The van der Waals surface area contributed by atoms with Gasteiger partial charge in [-0.15, -0.1) is 0 Å². The van der Waals surface area contributed by atoms with E-state index in [1.807, 2.05) is 6.92 Å². The number of hydrogen-bond donors (Lipinski definition) is 0. The molecular formula is C7H7O3S-. The van der Waals surface area contributed by atoms with Gasteiger partial charge in [-0.3, -0.25) is 0 Å². The van der Waals surface area contributed by atoms with Crippen molar-refractivity contribution in [1.82, 2.24) is 0 Å². The third-order valence-electron chi connectivity index (χ3n) is 1.28. The normalized spacial score (nSPS) is 12.9. The molecule has 1 unspecified atom stereocenters. The molecular weight excluding hydrogens is 164 g/mol. The molecule has 0 aliphatic rings. The van der Waals surface area contributed by atoms with Crippen molar-refractivity contribution in [3.05, 3.63) is 29.8 Å². The average molecular weight is 171 g/mol. The lowest BCUT2D eigenvalue weighted by Crippen LogP contribution is -2.08. The van der Waals surface area contributed by atoms with Crippen LogP contribution in [-0.2, 0) is 15.4 Å². The SMILES string of the molecule is Cc1ccc(S(=O)O[O-])cc1. The molecule has 11 heavy (non-hydrogen) atoms. The second-order valence-electron chi connectivity index (χ2n) is 2.12. The standard InChI is InChI=1S/C7H8O3S/c1-6-2-4-7(5-3-6)11(9)10-8/h2-5,8H,1H3/p-1. The quantitative estimate of drug-likeness (QED) is 0.475. The molecule has 0 aliphatic heterocycles. The van der Waals surface area contributed by atoms with E-state index in [1.54, 1.807) is 24.3 Å². The Morgan fingerprint density at radius 2 is 1.91 bits per heavy atom. The molecule has 1 aromatic carbocycles. The van der Waals surface area contributed by atoms with Crippen LogP contribution in [0.25, 0.3) is 0 Å². The minimum atomic E-state index is -1.85. The van der Waals surface area contributed by atoms with Crippen LogP contribution in [0.4, 0.5) is 0 Å². The summed E-state index contributed by atoms with van der Waals surface area (Å²) in [6.45, 7) is 1.91. The van der Waals surface area contributed by atoms with Gasteiger partial charge in [0, 0.05) is 0 Å². The first-order valence-electron chi connectivity index (χ1n) is 3.03. The number of hydrogen-bond acceptors (Lipinski definition) is 3. The Kier molecular flexibility index (Phi) is 2.76. The highest BCUT2D eigenvalue weighted by molar-refractivity contribution is 7.80. The smallest absolute Gasteiger partial charge is 0.180 e. The molecule has 4 heteroatoms. The number of rotatable bonds is 2. The van der Waals surface area contributed by atoms with Crippen LogP contribution in [0.3, 0.4) is 0 Å². The lowest BCUT2D eigenvalue weighted by atomic mass is 10.2. The van der Waals surface area contributed by atoms with Gasteiger partial charge in [0.15, 0.2) is 11.1 Å². The Bertz CT molecular complexity index is 255. The Morgan fingerprint density at radius 1 is 1.36 bits per heavy atom. The number of aryl methyl sites for hydroxylation is 1. The van der Waals surface area contributed by atoms with E-state index in [0.29, 0.717) is 4.90 Å². The van der Waals surface area contributed by atoms with E-state index < -0.39 is 11.1 Å². The molecule has 0 aliphatic carbocycles. The summed E-state index contributed by atoms with van der Waals surface area (Å²) in [6.07, 6.45) is 0. The van der Waals surface area contributed by atoms with Crippen LogP contribution in [0, 0.1) is 6.92 Å². The van der Waals surface area contributed by atoms with Gasteiger partial charge in [0.05, 0.1) is 4.90 Å². The van der Waals surface area contributed by atoms with Crippen molar-refractivity contribution in [2.75, 3.05) is 0 Å². The average Bonchev–Trinajstić information content (AvgIpc) is 2.05. The molecule has 0 aromatic heterocycles. The molecule has 0 spiro atoms. The van der Waals surface area contributed by atoms with Gasteiger partial charge >= 0.3 is 0 Å². The first-order valence-corrected chi connectivity index (χ1v) is 4.10. The summed E-state index contributed by atoms with van der Waals surface area (Å²) < 4.78 is 14.1. The Hall–Kier alpha value is -0.710. The maximum Gasteiger partial charge on any atom is 0.180 e. The van der Waals surface area contributed by atoms with Crippen molar-refractivity contribution in [3.63, 3.8) is 0 Å². The van der Waals surface area contributed by atoms with E-state index in [4.69, 9.17) is 0 Å². The van der Waals surface area contributed by atoms with Gasteiger partial charge < -0.3 is 9.59 Å². The van der Waals surface area contributed by atoms with E-state index in [2.05, 4.69) is 4.33 Å². The van der Waals surface area contributed by atoms with Crippen molar-refractivity contribution in [1.29, 1.82) is 0 Å². The Morgan fingerprint density at radius 3 is 2.36 bits per heavy atom. The van der Waals surface area contributed by atoms with Gasteiger partial charge in [0.2, 0.25) is 0 Å². The van der Waals surface area contributed by atoms with Crippen LogP contribution in [-0.4, -0.2) is 4.21 Å². The fourth-order valence-electron chi connectivity index (χ4n) is 0.689. The van der Waals surface area contributed by atoms with Gasteiger partial charge in [0.25, 0.3) is 0 Å². The molecule has 1 atom stereocenters. The van der Waals surface area contributed by atoms with Crippen molar-refractivity contribution in [2.45, 2.75) is 11.8 Å². The first-order chi connectivity index (χ1) is 5.24. The topological polar surface area (TPSA) is 49.4 Å². The number of benzene rings is 1.